The summed E-state index contributed by atoms with van der Waals surface area (Å²) in [7, 11) is 0. The summed E-state index contributed by atoms with van der Waals surface area (Å²) in [4.78, 5) is 13.1. The lowest BCUT2D eigenvalue weighted by atomic mass is 9.98. The number of amides is 2. The third-order valence-electron chi connectivity index (χ3n) is 4.88. The number of hydrogen-bond acceptors (Lipinski definition) is 3. The zero-order chi connectivity index (χ0) is 22.7. The molecular weight excluding hydrogens is 504 g/mol. The van der Waals surface area contributed by atoms with E-state index in [0.717, 1.165) is 10.0 Å². The lowest BCUT2D eigenvalue weighted by molar-refractivity contribution is -0.0499. The lowest BCUT2D eigenvalue weighted by Crippen LogP contribution is -2.31. The van der Waals surface area contributed by atoms with Gasteiger partial charge in [0, 0.05) is 27.2 Å². The minimum atomic E-state index is -2.97. The molecule has 0 fully saturated rings. The number of carbonyl (C=O) groups is 1. The Balaban J connectivity index is 1.68. The van der Waals surface area contributed by atoms with E-state index in [2.05, 4.69) is 31.1 Å². The molecule has 3 aromatic rings. The van der Waals surface area contributed by atoms with Crippen molar-refractivity contribution >= 4 is 45.0 Å². The van der Waals surface area contributed by atoms with Gasteiger partial charge < -0.3 is 10.1 Å². The summed E-state index contributed by atoms with van der Waals surface area (Å²) < 4.78 is 31.3. The fourth-order valence-electron chi connectivity index (χ4n) is 3.42. The number of hydrazone groups is 1. The van der Waals surface area contributed by atoms with Crippen LogP contribution in [0.15, 0.2) is 82.4 Å². The van der Waals surface area contributed by atoms with Crippen LogP contribution >= 0.6 is 27.5 Å². The first kappa shape index (κ1) is 22.2. The number of halogens is 4. The summed E-state index contributed by atoms with van der Waals surface area (Å²) in [5.41, 5.74) is 2.28. The molecule has 0 saturated heterocycles. The van der Waals surface area contributed by atoms with E-state index in [-0.39, 0.29) is 5.75 Å². The van der Waals surface area contributed by atoms with E-state index >= 15 is 0 Å². The number of nitrogens with one attached hydrogen (secondary N) is 1. The highest BCUT2D eigenvalue weighted by Crippen LogP contribution is 2.36. The maximum absolute atomic E-state index is 13.1. The van der Waals surface area contributed by atoms with Crippen LogP contribution in [-0.2, 0) is 0 Å². The third-order valence-corrected chi connectivity index (χ3v) is 5.66. The van der Waals surface area contributed by atoms with Crippen molar-refractivity contribution < 1.29 is 18.3 Å². The molecule has 0 radical (unpaired) electrons. The SMILES string of the molecule is O=C(Nc1ccc(Br)cc1)N1N=C(c2ccccc2OC(F)F)CC1c1ccc(Cl)cc1. The number of ether oxygens (including phenoxy) is 1. The summed E-state index contributed by atoms with van der Waals surface area (Å²) in [5, 5.41) is 9.20. The van der Waals surface area contributed by atoms with E-state index in [9.17, 15) is 13.6 Å². The molecule has 0 spiro atoms. The van der Waals surface area contributed by atoms with E-state index in [1.54, 1.807) is 42.5 Å². The summed E-state index contributed by atoms with van der Waals surface area (Å²) in [6, 6.07) is 19.7. The molecule has 164 valence electrons. The molecule has 5 nitrogen and oxygen atoms in total. The van der Waals surface area contributed by atoms with Crippen LogP contribution in [0.25, 0.3) is 0 Å². The van der Waals surface area contributed by atoms with Gasteiger partial charge >= 0.3 is 12.6 Å². The average molecular weight is 521 g/mol. The van der Waals surface area contributed by atoms with Crippen LogP contribution in [0.2, 0.25) is 5.02 Å². The predicted molar refractivity (Wildman–Crippen MR) is 123 cm³/mol. The predicted octanol–water partition coefficient (Wildman–Crippen LogP) is 7.09. The number of para-hydroxylation sites is 1. The standard InChI is InChI=1S/C23H17BrClF2N3O2/c24-15-7-11-17(12-8-15)28-23(31)30-20(14-5-9-16(25)10-6-14)13-19(29-30)18-3-1-2-4-21(18)32-22(26)27/h1-12,20,22H,13H2,(H,28,31). The Morgan fingerprint density at radius 1 is 1.09 bits per heavy atom. The number of rotatable bonds is 5. The molecule has 4 rings (SSSR count). The number of carbonyl (C=O) groups excluding carboxylic acids is 1. The molecule has 2 amide bonds. The second kappa shape index (κ2) is 9.67. The molecule has 9 heteroatoms. The van der Waals surface area contributed by atoms with Gasteiger partial charge in [-0.05, 0) is 54.1 Å². The van der Waals surface area contributed by atoms with E-state index in [1.165, 1.54) is 11.1 Å². The summed E-state index contributed by atoms with van der Waals surface area (Å²) >= 11 is 9.38. The monoisotopic (exact) mass is 519 g/mol. The quantitative estimate of drug-likeness (QED) is 0.391. The Hall–Kier alpha value is -2.97. The molecule has 32 heavy (non-hydrogen) atoms. The van der Waals surface area contributed by atoms with Gasteiger partial charge in [-0.15, -0.1) is 0 Å². The Morgan fingerprint density at radius 3 is 2.47 bits per heavy atom. The van der Waals surface area contributed by atoms with Crippen molar-refractivity contribution in [3.8, 4) is 5.75 Å². The number of nitrogens with zero attached hydrogens (tertiary/aromatic N) is 2. The van der Waals surface area contributed by atoms with Crippen LogP contribution in [0.3, 0.4) is 0 Å². The molecule has 0 saturated carbocycles. The van der Waals surface area contributed by atoms with Gasteiger partial charge in [0.25, 0.3) is 0 Å². The minimum absolute atomic E-state index is 0.00581. The molecule has 0 aromatic heterocycles. The molecule has 1 aliphatic heterocycles. The van der Waals surface area contributed by atoms with Crippen molar-refractivity contribution in [3.05, 3.63) is 93.4 Å². The van der Waals surface area contributed by atoms with Crippen LogP contribution in [0.4, 0.5) is 19.3 Å². The van der Waals surface area contributed by atoms with E-state index < -0.39 is 18.7 Å². The molecule has 1 atom stereocenters. The van der Waals surface area contributed by atoms with E-state index in [1.807, 2.05) is 24.3 Å². The Kier molecular flexibility index (Phi) is 6.72. The molecule has 3 aromatic carbocycles. The fourth-order valence-corrected chi connectivity index (χ4v) is 3.81. The molecule has 1 unspecified atom stereocenters. The van der Waals surface area contributed by atoms with Crippen molar-refractivity contribution in [2.24, 2.45) is 5.10 Å². The number of urea groups is 1. The maximum atomic E-state index is 13.1. The van der Waals surface area contributed by atoms with Gasteiger partial charge in [-0.1, -0.05) is 51.8 Å². The summed E-state index contributed by atoms with van der Waals surface area (Å²) in [6.45, 7) is -2.97. The molecule has 0 bridgehead atoms. The van der Waals surface area contributed by atoms with Crippen LogP contribution in [0.5, 0.6) is 5.75 Å². The van der Waals surface area contributed by atoms with Crippen molar-refractivity contribution in [3.63, 3.8) is 0 Å². The Bertz CT molecular complexity index is 1140. The average Bonchev–Trinajstić information content (AvgIpc) is 3.21. The van der Waals surface area contributed by atoms with Gasteiger partial charge in [-0.3, -0.25) is 0 Å². The highest BCUT2D eigenvalue weighted by Gasteiger charge is 2.34. The number of hydrogen-bond donors (Lipinski definition) is 1. The van der Waals surface area contributed by atoms with E-state index in [0.29, 0.717) is 28.4 Å². The van der Waals surface area contributed by atoms with Crippen LogP contribution in [0, 0.1) is 0 Å². The maximum Gasteiger partial charge on any atom is 0.387 e. The van der Waals surface area contributed by atoms with Crippen molar-refractivity contribution in [2.45, 2.75) is 19.1 Å². The second-order valence-electron chi connectivity index (χ2n) is 6.97. The largest absolute Gasteiger partial charge is 0.434 e. The number of alkyl halides is 2. The third kappa shape index (κ3) is 5.08. The Labute approximate surface area is 196 Å². The number of anilines is 1. The zero-order valence-electron chi connectivity index (χ0n) is 16.5. The van der Waals surface area contributed by atoms with Crippen LogP contribution in [0.1, 0.15) is 23.6 Å². The van der Waals surface area contributed by atoms with Crippen molar-refractivity contribution in [1.29, 1.82) is 0 Å². The van der Waals surface area contributed by atoms with Gasteiger partial charge in [0.1, 0.15) is 5.75 Å². The smallest absolute Gasteiger partial charge is 0.387 e. The molecule has 1 N–H and O–H groups in total. The van der Waals surface area contributed by atoms with Crippen LogP contribution < -0.4 is 10.1 Å². The minimum Gasteiger partial charge on any atom is -0.434 e. The first-order chi connectivity index (χ1) is 15.4. The van der Waals surface area contributed by atoms with Crippen molar-refractivity contribution in [2.75, 3.05) is 5.32 Å². The fraction of sp³-hybridized carbons (Fsp3) is 0.130. The van der Waals surface area contributed by atoms with Gasteiger partial charge in [-0.25, -0.2) is 9.80 Å². The molecular formula is C23H17BrClF2N3O2. The van der Waals surface area contributed by atoms with Gasteiger partial charge in [-0.2, -0.15) is 13.9 Å². The van der Waals surface area contributed by atoms with Crippen molar-refractivity contribution in [1.82, 2.24) is 5.01 Å². The summed E-state index contributed by atoms with van der Waals surface area (Å²) in [6.07, 6.45) is 0.318. The second-order valence-corrected chi connectivity index (χ2v) is 8.33. The van der Waals surface area contributed by atoms with Crippen LogP contribution in [-0.4, -0.2) is 23.4 Å². The Morgan fingerprint density at radius 2 is 1.78 bits per heavy atom. The lowest BCUT2D eigenvalue weighted by Gasteiger charge is -2.22. The highest BCUT2D eigenvalue weighted by atomic mass is 79.9. The van der Waals surface area contributed by atoms with Gasteiger partial charge in [0.15, 0.2) is 0 Å². The van der Waals surface area contributed by atoms with E-state index in [4.69, 9.17) is 11.6 Å². The normalized spacial score (nSPS) is 15.6. The number of benzene rings is 3. The van der Waals surface area contributed by atoms with Gasteiger partial charge in [0.05, 0.1) is 11.8 Å². The first-order valence-corrected chi connectivity index (χ1v) is 10.8. The van der Waals surface area contributed by atoms with Gasteiger partial charge in [0.2, 0.25) is 0 Å². The molecule has 1 aliphatic rings. The molecule has 0 aliphatic carbocycles. The summed E-state index contributed by atoms with van der Waals surface area (Å²) in [5.74, 6) is 0.00581. The first-order valence-electron chi connectivity index (χ1n) is 9.63. The zero-order valence-corrected chi connectivity index (χ0v) is 18.9. The topological polar surface area (TPSA) is 53.9 Å². The highest BCUT2D eigenvalue weighted by molar-refractivity contribution is 9.10. The molecule has 1 heterocycles.